The average Bonchev–Trinajstić information content (AvgIpc) is 3.45. The molecule has 0 saturated heterocycles. The fourth-order valence-electron chi connectivity index (χ4n) is 8.98. The van der Waals surface area contributed by atoms with Crippen LogP contribution in [0.2, 0.25) is 0 Å². The first-order valence-corrected chi connectivity index (χ1v) is 33.0. The minimum absolute atomic E-state index is 0.0938. The average molecular weight is 1100 g/mol. The number of esters is 3. The van der Waals surface area contributed by atoms with Crippen molar-refractivity contribution in [1.82, 2.24) is 0 Å². The molecule has 6 nitrogen and oxygen atoms in total. The van der Waals surface area contributed by atoms with E-state index in [4.69, 9.17) is 14.2 Å². The lowest BCUT2D eigenvalue weighted by atomic mass is 10.1. The maximum atomic E-state index is 12.9. The van der Waals surface area contributed by atoms with E-state index >= 15 is 0 Å². The van der Waals surface area contributed by atoms with Gasteiger partial charge in [0.2, 0.25) is 0 Å². The predicted octanol–water partition coefficient (Wildman–Crippen LogP) is 22.8. The Bertz CT molecular complexity index is 1640. The number of unbranched alkanes of at least 4 members (excludes halogenated alkanes) is 28. The Morgan fingerprint density at radius 1 is 0.266 bits per heavy atom. The Labute approximate surface area is 488 Å². The molecule has 0 N–H and O–H groups in total. The first kappa shape index (κ1) is 74.8. The van der Waals surface area contributed by atoms with Gasteiger partial charge in [-0.2, -0.15) is 0 Å². The van der Waals surface area contributed by atoms with E-state index in [0.29, 0.717) is 19.3 Å². The fraction of sp³-hybridized carbons (Fsp3) is 0.685. The maximum absolute atomic E-state index is 12.9. The number of rotatable bonds is 59. The van der Waals surface area contributed by atoms with Crippen molar-refractivity contribution < 1.29 is 28.6 Å². The summed E-state index contributed by atoms with van der Waals surface area (Å²) in [5, 5.41) is 0. The molecular formula is C73H122O6. The van der Waals surface area contributed by atoms with Crippen LogP contribution in [0, 0.1) is 0 Å². The second kappa shape index (κ2) is 66.3. The summed E-state index contributed by atoms with van der Waals surface area (Å²) in [6.45, 7) is 6.48. The summed E-state index contributed by atoms with van der Waals surface area (Å²) in [7, 11) is 0. The minimum atomic E-state index is -0.798. The van der Waals surface area contributed by atoms with Gasteiger partial charge in [0.1, 0.15) is 13.2 Å². The Kier molecular flexibility index (Phi) is 62.8. The summed E-state index contributed by atoms with van der Waals surface area (Å²) in [5.41, 5.74) is 0. The number of hydrogen-bond acceptors (Lipinski definition) is 6. The molecule has 0 aromatic carbocycles. The normalized spacial score (nSPS) is 12.9. The highest BCUT2D eigenvalue weighted by Gasteiger charge is 2.19. The molecule has 1 unspecified atom stereocenters. The van der Waals surface area contributed by atoms with Crippen LogP contribution in [0.15, 0.2) is 122 Å². The van der Waals surface area contributed by atoms with Crippen molar-refractivity contribution in [3.8, 4) is 0 Å². The van der Waals surface area contributed by atoms with Crippen LogP contribution < -0.4 is 0 Å². The number of carbonyl (C=O) groups is 3. The minimum Gasteiger partial charge on any atom is -0.462 e. The highest BCUT2D eigenvalue weighted by Crippen LogP contribution is 2.15. The van der Waals surface area contributed by atoms with E-state index < -0.39 is 6.10 Å². The zero-order chi connectivity index (χ0) is 57.1. The van der Waals surface area contributed by atoms with Crippen molar-refractivity contribution in [2.45, 2.75) is 309 Å². The molecule has 0 saturated carbocycles. The quantitative estimate of drug-likeness (QED) is 0.0261. The van der Waals surface area contributed by atoms with Gasteiger partial charge in [0.15, 0.2) is 6.10 Å². The van der Waals surface area contributed by atoms with E-state index in [1.54, 1.807) is 0 Å². The van der Waals surface area contributed by atoms with Crippen LogP contribution in [0.1, 0.15) is 303 Å². The molecule has 0 heterocycles. The van der Waals surface area contributed by atoms with E-state index in [1.807, 2.05) is 0 Å². The van der Waals surface area contributed by atoms with Gasteiger partial charge in [-0.3, -0.25) is 14.4 Å². The van der Waals surface area contributed by atoms with Crippen molar-refractivity contribution in [3.05, 3.63) is 122 Å². The second-order valence-electron chi connectivity index (χ2n) is 21.6. The van der Waals surface area contributed by atoms with Gasteiger partial charge >= 0.3 is 17.9 Å². The van der Waals surface area contributed by atoms with Crippen molar-refractivity contribution in [2.24, 2.45) is 0 Å². The van der Waals surface area contributed by atoms with Crippen LogP contribution >= 0.6 is 0 Å². The molecule has 0 aliphatic rings. The summed E-state index contributed by atoms with van der Waals surface area (Å²) >= 11 is 0. The van der Waals surface area contributed by atoms with Gasteiger partial charge in [0, 0.05) is 19.3 Å². The number of carbonyl (C=O) groups excluding carboxylic acids is 3. The Balaban J connectivity index is 4.43. The van der Waals surface area contributed by atoms with E-state index in [-0.39, 0.29) is 31.1 Å². The van der Waals surface area contributed by atoms with Crippen molar-refractivity contribution in [3.63, 3.8) is 0 Å². The summed E-state index contributed by atoms with van der Waals surface area (Å²) in [5.74, 6) is -0.919. The van der Waals surface area contributed by atoms with Crippen molar-refractivity contribution >= 4 is 17.9 Å². The topological polar surface area (TPSA) is 78.9 Å². The zero-order valence-electron chi connectivity index (χ0n) is 51.6. The standard InChI is InChI=1S/C73H122O6/c1-4-7-10-13-16-19-22-25-28-30-32-34-36-38-40-42-45-48-51-54-57-60-63-66-72(75)78-69-70(68-77-71(74)65-62-59-56-53-50-47-44-27-24-21-18-15-12-9-6-3)79-73(76)67-64-61-58-55-52-49-46-43-41-39-37-35-33-31-29-26-23-20-17-14-11-8-5-2/h7,10,16,18-19,21,23,25-28,31-34,37-40,44,70H,4-6,8-9,11-15,17,20,22,24,29-30,35-36,41-43,45-69H2,1-3H3/b10-7-,19-16-,21-18-,26-23-,28-25-,33-31-,34-32-,39-37-,40-38-,44-27-. The SMILES string of the molecule is CC/C=C\C/C=C\C/C=C\C/C=C\C/C=C\CCCCCCCCCC(=O)OCC(COC(=O)CCCCCCC/C=C\C/C=C\CCCCC)OC(=O)CCCCCCCCCC/C=C\C/C=C\C/C=C\CCCCCCC. The van der Waals surface area contributed by atoms with E-state index in [9.17, 15) is 14.4 Å². The van der Waals surface area contributed by atoms with E-state index in [1.165, 1.54) is 122 Å². The van der Waals surface area contributed by atoms with Crippen LogP contribution in [-0.4, -0.2) is 37.2 Å². The van der Waals surface area contributed by atoms with Gasteiger partial charge in [0.05, 0.1) is 0 Å². The van der Waals surface area contributed by atoms with Crippen LogP contribution in [0.5, 0.6) is 0 Å². The smallest absolute Gasteiger partial charge is 0.306 e. The molecule has 1 atom stereocenters. The predicted molar refractivity (Wildman–Crippen MR) is 343 cm³/mol. The van der Waals surface area contributed by atoms with Crippen LogP contribution in [0.4, 0.5) is 0 Å². The Morgan fingerprint density at radius 2 is 0.494 bits per heavy atom. The summed E-state index contributed by atoms with van der Waals surface area (Å²) in [4.78, 5) is 38.4. The van der Waals surface area contributed by atoms with Gasteiger partial charge in [-0.15, -0.1) is 0 Å². The van der Waals surface area contributed by atoms with Crippen LogP contribution in [0.25, 0.3) is 0 Å². The molecule has 0 fully saturated rings. The summed E-state index contributed by atoms with van der Waals surface area (Å²) in [6.07, 6.45) is 92.0. The first-order valence-electron chi connectivity index (χ1n) is 33.0. The zero-order valence-corrected chi connectivity index (χ0v) is 51.6. The molecule has 0 aliphatic heterocycles. The van der Waals surface area contributed by atoms with Gasteiger partial charge in [0.25, 0.3) is 0 Å². The summed E-state index contributed by atoms with van der Waals surface area (Å²) in [6, 6.07) is 0. The highest BCUT2D eigenvalue weighted by molar-refractivity contribution is 5.71. The number of allylic oxidation sites excluding steroid dienone is 20. The van der Waals surface area contributed by atoms with Crippen LogP contribution in [0.3, 0.4) is 0 Å². The number of ether oxygens (including phenoxy) is 3. The molecular weight excluding hydrogens is 973 g/mol. The first-order chi connectivity index (χ1) is 39.0. The molecule has 0 bridgehead atoms. The molecule has 79 heavy (non-hydrogen) atoms. The molecule has 0 aliphatic carbocycles. The lowest BCUT2D eigenvalue weighted by Gasteiger charge is -2.18. The molecule has 0 radical (unpaired) electrons. The van der Waals surface area contributed by atoms with Gasteiger partial charge in [-0.05, 0) is 135 Å². The maximum Gasteiger partial charge on any atom is 0.306 e. The Morgan fingerprint density at radius 3 is 0.797 bits per heavy atom. The largest absolute Gasteiger partial charge is 0.462 e. The molecule has 6 heteroatoms. The third-order valence-electron chi connectivity index (χ3n) is 13.9. The van der Waals surface area contributed by atoms with Gasteiger partial charge in [-0.25, -0.2) is 0 Å². The third kappa shape index (κ3) is 64.5. The number of hydrogen-bond donors (Lipinski definition) is 0. The molecule has 0 aromatic rings. The molecule has 0 spiro atoms. The lowest BCUT2D eigenvalue weighted by molar-refractivity contribution is -0.167. The third-order valence-corrected chi connectivity index (χ3v) is 13.9. The summed E-state index contributed by atoms with van der Waals surface area (Å²) < 4.78 is 16.9. The molecule has 450 valence electrons. The molecule has 0 aromatic heterocycles. The highest BCUT2D eigenvalue weighted by atomic mass is 16.6. The lowest BCUT2D eigenvalue weighted by Crippen LogP contribution is -2.30. The Hall–Kier alpha value is -4.19. The van der Waals surface area contributed by atoms with Crippen LogP contribution in [-0.2, 0) is 28.6 Å². The fourth-order valence-corrected chi connectivity index (χ4v) is 8.98. The van der Waals surface area contributed by atoms with Gasteiger partial charge < -0.3 is 14.2 Å². The van der Waals surface area contributed by atoms with Crippen molar-refractivity contribution in [1.29, 1.82) is 0 Å². The monoisotopic (exact) mass is 1090 g/mol. The van der Waals surface area contributed by atoms with Gasteiger partial charge in [-0.1, -0.05) is 271 Å². The van der Waals surface area contributed by atoms with Crippen molar-refractivity contribution in [2.75, 3.05) is 13.2 Å². The second-order valence-corrected chi connectivity index (χ2v) is 21.6. The molecule has 0 rings (SSSR count). The molecule has 0 amide bonds. The van der Waals surface area contributed by atoms with E-state index in [2.05, 4.69) is 142 Å². The van der Waals surface area contributed by atoms with E-state index in [0.717, 1.165) is 141 Å².